The molecule has 0 aliphatic carbocycles. The third-order valence-corrected chi connectivity index (χ3v) is 2.67. The van der Waals surface area contributed by atoms with Crippen LogP contribution in [0.1, 0.15) is 5.56 Å². The molecule has 1 N–H and O–H groups in total. The van der Waals surface area contributed by atoms with E-state index in [0.717, 1.165) is 0 Å². The second-order valence-corrected chi connectivity index (χ2v) is 4.53. The molecule has 0 radical (unpaired) electrons. The zero-order chi connectivity index (χ0) is 15.1. The van der Waals surface area contributed by atoms with Crippen LogP contribution in [0.25, 0.3) is 0 Å². The van der Waals surface area contributed by atoms with Crippen LogP contribution in [0.2, 0.25) is 5.02 Å². The average molecular weight is 307 g/mol. The summed E-state index contributed by atoms with van der Waals surface area (Å²) in [6, 6.07) is 12.5. The number of halogens is 2. The van der Waals surface area contributed by atoms with Crippen LogP contribution in [0.5, 0.6) is 5.75 Å². The molecule has 0 bridgehead atoms. The molecule has 0 aliphatic rings. The minimum atomic E-state index is -0.409. The standard InChI is InChI=1S/C15H12ClFN2O2/c16-12-2-1-3-14(8-12)21-10-15(20)19-18-9-11-4-6-13(17)7-5-11/h1-9H,10H2,(H,19,20)/b18-9+. The maximum atomic E-state index is 12.7. The predicted octanol–water partition coefficient (Wildman–Crippen LogP) is 3.01. The highest BCUT2D eigenvalue weighted by Crippen LogP contribution is 2.16. The average Bonchev–Trinajstić information content (AvgIpc) is 2.47. The van der Waals surface area contributed by atoms with Gasteiger partial charge in [0.1, 0.15) is 11.6 Å². The Morgan fingerprint density at radius 2 is 2.05 bits per heavy atom. The number of ether oxygens (including phenoxy) is 1. The van der Waals surface area contributed by atoms with E-state index in [2.05, 4.69) is 10.5 Å². The third-order valence-electron chi connectivity index (χ3n) is 2.44. The monoisotopic (exact) mass is 306 g/mol. The molecule has 0 saturated carbocycles. The zero-order valence-corrected chi connectivity index (χ0v) is 11.7. The number of hydrogen-bond acceptors (Lipinski definition) is 3. The molecule has 0 aliphatic heterocycles. The van der Waals surface area contributed by atoms with Crippen LogP contribution in [0.3, 0.4) is 0 Å². The molecule has 6 heteroatoms. The Morgan fingerprint density at radius 1 is 1.29 bits per heavy atom. The van der Waals surface area contributed by atoms with Crippen LogP contribution < -0.4 is 10.2 Å². The van der Waals surface area contributed by atoms with Gasteiger partial charge in [-0.25, -0.2) is 9.82 Å². The molecule has 0 unspecified atom stereocenters. The number of carbonyl (C=O) groups excluding carboxylic acids is 1. The Kier molecular flexibility index (Phi) is 5.29. The molecule has 2 aromatic rings. The molecule has 0 saturated heterocycles. The van der Waals surface area contributed by atoms with Gasteiger partial charge in [0.2, 0.25) is 0 Å². The van der Waals surface area contributed by atoms with Crippen molar-refractivity contribution < 1.29 is 13.9 Å². The number of hydrazone groups is 1. The first-order valence-electron chi connectivity index (χ1n) is 6.09. The van der Waals surface area contributed by atoms with Gasteiger partial charge in [-0.1, -0.05) is 29.8 Å². The van der Waals surface area contributed by atoms with Gasteiger partial charge in [-0.05, 0) is 35.9 Å². The van der Waals surface area contributed by atoms with E-state index in [4.69, 9.17) is 16.3 Å². The van der Waals surface area contributed by atoms with Crippen molar-refractivity contribution >= 4 is 23.7 Å². The van der Waals surface area contributed by atoms with E-state index in [0.29, 0.717) is 16.3 Å². The SMILES string of the molecule is O=C(COc1cccc(Cl)c1)N/N=C/c1ccc(F)cc1. The van der Waals surface area contributed by atoms with Gasteiger partial charge < -0.3 is 4.74 Å². The topological polar surface area (TPSA) is 50.7 Å². The van der Waals surface area contributed by atoms with Crippen LogP contribution in [0.15, 0.2) is 53.6 Å². The van der Waals surface area contributed by atoms with Gasteiger partial charge in [-0.3, -0.25) is 4.79 Å². The minimum absolute atomic E-state index is 0.179. The van der Waals surface area contributed by atoms with Gasteiger partial charge in [-0.2, -0.15) is 5.10 Å². The van der Waals surface area contributed by atoms with Crippen molar-refractivity contribution in [2.24, 2.45) is 5.10 Å². The van der Waals surface area contributed by atoms with Crippen LogP contribution in [0, 0.1) is 5.82 Å². The van der Waals surface area contributed by atoms with Gasteiger partial charge in [0, 0.05) is 5.02 Å². The molecule has 4 nitrogen and oxygen atoms in total. The quantitative estimate of drug-likeness (QED) is 0.682. The molecule has 0 aromatic heterocycles. The molecule has 0 fully saturated rings. The highest BCUT2D eigenvalue weighted by atomic mass is 35.5. The lowest BCUT2D eigenvalue weighted by Gasteiger charge is -2.04. The molecule has 0 atom stereocenters. The Balaban J connectivity index is 1.78. The molecule has 108 valence electrons. The fraction of sp³-hybridized carbons (Fsp3) is 0.0667. The Hall–Kier alpha value is -2.40. The summed E-state index contributed by atoms with van der Waals surface area (Å²) in [4.78, 5) is 11.5. The molecule has 0 spiro atoms. The highest BCUT2D eigenvalue weighted by Gasteiger charge is 2.01. The Labute approximate surface area is 126 Å². The summed E-state index contributed by atoms with van der Waals surface area (Å²) < 4.78 is 17.9. The zero-order valence-electron chi connectivity index (χ0n) is 10.9. The van der Waals surface area contributed by atoms with E-state index in [-0.39, 0.29) is 12.4 Å². The summed E-state index contributed by atoms with van der Waals surface area (Å²) in [6.45, 7) is -0.179. The van der Waals surface area contributed by atoms with Crippen molar-refractivity contribution in [3.05, 3.63) is 64.9 Å². The minimum Gasteiger partial charge on any atom is -0.484 e. The maximum absolute atomic E-state index is 12.7. The molecule has 1 amide bonds. The number of carbonyl (C=O) groups is 1. The van der Waals surface area contributed by atoms with Gasteiger partial charge in [0.05, 0.1) is 6.21 Å². The first kappa shape index (κ1) is 15.0. The smallest absolute Gasteiger partial charge is 0.277 e. The molecular formula is C15H12ClFN2O2. The summed E-state index contributed by atoms with van der Waals surface area (Å²) in [6.07, 6.45) is 1.41. The number of nitrogens with one attached hydrogen (secondary N) is 1. The summed E-state index contributed by atoms with van der Waals surface area (Å²) in [7, 11) is 0. The summed E-state index contributed by atoms with van der Waals surface area (Å²) in [5.74, 6) is -0.236. The molecule has 2 aromatic carbocycles. The van der Waals surface area contributed by atoms with Gasteiger partial charge in [0.15, 0.2) is 6.61 Å². The summed E-state index contributed by atoms with van der Waals surface area (Å²) >= 11 is 5.79. The Morgan fingerprint density at radius 3 is 2.76 bits per heavy atom. The van der Waals surface area contributed by atoms with E-state index >= 15 is 0 Å². The van der Waals surface area contributed by atoms with Crippen LogP contribution in [-0.2, 0) is 4.79 Å². The molecule has 21 heavy (non-hydrogen) atoms. The summed E-state index contributed by atoms with van der Waals surface area (Å²) in [5, 5.41) is 4.28. The van der Waals surface area contributed by atoms with E-state index < -0.39 is 5.91 Å². The van der Waals surface area contributed by atoms with E-state index in [1.165, 1.54) is 18.3 Å². The van der Waals surface area contributed by atoms with Crippen molar-refractivity contribution in [2.45, 2.75) is 0 Å². The van der Waals surface area contributed by atoms with Crippen molar-refractivity contribution in [1.82, 2.24) is 5.43 Å². The number of rotatable bonds is 5. The molecular weight excluding hydrogens is 295 g/mol. The first-order valence-corrected chi connectivity index (χ1v) is 6.47. The first-order chi connectivity index (χ1) is 10.1. The second kappa shape index (κ2) is 7.40. The van der Waals surface area contributed by atoms with Crippen LogP contribution >= 0.6 is 11.6 Å². The lowest BCUT2D eigenvalue weighted by molar-refractivity contribution is -0.123. The fourth-order valence-electron chi connectivity index (χ4n) is 1.47. The van der Waals surface area contributed by atoms with Gasteiger partial charge >= 0.3 is 0 Å². The van der Waals surface area contributed by atoms with E-state index in [1.807, 2.05) is 0 Å². The maximum Gasteiger partial charge on any atom is 0.277 e. The second-order valence-electron chi connectivity index (χ2n) is 4.09. The third kappa shape index (κ3) is 5.24. The normalized spacial score (nSPS) is 10.6. The Bertz CT molecular complexity index is 644. The predicted molar refractivity (Wildman–Crippen MR) is 79.1 cm³/mol. The van der Waals surface area contributed by atoms with Crippen molar-refractivity contribution in [3.8, 4) is 5.75 Å². The van der Waals surface area contributed by atoms with Crippen LogP contribution in [-0.4, -0.2) is 18.7 Å². The van der Waals surface area contributed by atoms with Crippen molar-refractivity contribution in [1.29, 1.82) is 0 Å². The van der Waals surface area contributed by atoms with Crippen LogP contribution in [0.4, 0.5) is 4.39 Å². The van der Waals surface area contributed by atoms with Gasteiger partial charge in [-0.15, -0.1) is 0 Å². The largest absolute Gasteiger partial charge is 0.484 e. The van der Waals surface area contributed by atoms with Crippen molar-refractivity contribution in [3.63, 3.8) is 0 Å². The summed E-state index contributed by atoms with van der Waals surface area (Å²) in [5.41, 5.74) is 2.98. The molecule has 2 rings (SSSR count). The lowest BCUT2D eigenvalue weighted by atomic mass is 10.2. The molecule has 0 heterocycles. The number of benzene rings is 2. The fourth-order valence-corrected chi connectivity index (χ4v) is 1.65. The number of amides is 1. The van der Waals surface area contributed by atoms with Crippen molar-refractivity contribution in [2.75, 3.05) is 6.61 Å². The van der Waals surface area contributed by atoms with Gasteiger partial charge in [0.25, 0.3) is 5.91 Å². The lowest BCUT2D eigenvalue weighted by Crippen LogP contribution is -2.24. The highest BCUT2D eigenvalue weighted by molar-refractivity contribution is 6.30. The number of nitrogens with zero attached hydrogens (tertiary/aromatic N) is 1. The van der Waals surface area contributed by atoms with E-state index in [9.17, 15) is 9.18 Å². The number of hydrogen-bond donors (Lipinski definition) is 1. The van der Waals surface area contributed by atoms with E-state index in [1.54, 1.807) is 36.4 Å².